The van der Waals surface area contributed by atoms with Crippen molar-refractivity contribution in [3.05, 3.63) is 137 Å². The zero-order chi connectivity index (χ0) is 96.3. The van der Waals surface area contributed by atoms with Crippen LogP contribution in [0.5, 0.6) is 34.5 Å². The molecule has 0 spiro atoms. The molecule has 0 heterocycles. The van der Waals surface area contributed by atoms with E-state index < -0.39 is 0 Å². The number of rotatable bonds is 24. The van der Waals surface area contributed by atoms with Crippen molar-refractivity contribution in [3.8, 4) is 34.5 Å². The summed E-state index contributed by atoms with van der Waals surface area (Å²) >= 11 is 3.62. The minimum absolute atomic E-state index is 0.0453. The molecule has 732 valence electrons. The van der Waals surface area contributed by atoms with E-state index >= 15 is 0 Å². The van der Waals surface area contributed by atoms with E-state index in [2.05, 4.69) is 282 Å². The van der Waals surface area contributed by atoms with Crippen molar-refractivity contribution in [1.29, 1.82) is 0 Å². The van der Waals surface area contributed by atoms with E-state index in [1.165, 1.54) is 183 Å². The van der Waals surface area contributed by atoms with E-state index in [1.807, 2.05) is 39.0 Å². The van der Waals surface area contributed by atoms with Gasteiger partial charge < -0.3 is 59.7 Å². The number of hydrogen-bond acceptors (Lipinski definition) is 19. The topological polar surface area (TPSA) is 189 Å². The maximum atomic E-state index is 11.8. The van der Waals surface area contributed by atoms with Gasteiger partial charge in [0.2, 0.25) is 0 Å². The van der Waals surface area contributed by atoms with Crippen LogP contribution >= 0.6 is 15.9 Å². The number of halogens is 1. The van der Waals surface area contributed by atoms with Gasteiger partial charge in [0, 0.05) is 180 Å². The summed E-state index contributed by atoms with van der Waals surface area (Å²) < 4.78 is 6.24. The minimum Gasteiger partial charge on any atom is -0.507 e. The molecule has 0 unspecified atom stereocenters. The molecule has 5 aromatic carbocycles. The Balaban J connectivity index is 0.000000185. The van der Waals surface area contributed by atoms with Crippen molar-refractivity contribution in [2.24, 2.45) is 17.8 Å². The first-order chi connectivity index (χ1) is 60.7. The third kappa shape index (κ3) is 27.8. The Labute approximate surface area is 797 Å². The number of ether oxygens (including phenoxy) is 1. The van der Waals surface area contributed by atoms with Gasteiger partial charge in [0.25, 0.3) is 5.69 Å². The number of nitro groups is 1. The molecule has 0 radical (unpaired) electrons. The molecule has 9 aliphatic rings. The standard InChI is InChI=1S/C30H48N2O.C22H39N3O.C20H33BrN2O.C20H33N3O3.C17H28N2O2/c1-29(2,3)24-14-23(19-32(6)27-10-8-7-9-26(27)31(4)5)28(33)25(15-24)30-16-20-11-21(17-30)13-22(12-20)18-30;1-22(2,3)18-14-17(23(4)5)13-16(21(18)26)15-25(8)20-12-10-9-11-19(20)24(6)7;1-20(2,3)16-12-15(21)11-14(19(16)24)13-23(6)18-10-8-7-9-17(18)22(4)5;1-20(2,3)16-12-15(23(25)26)11-14(19(16)24)13-22(6)18-10-8-7-9-17(18)21(4)5;1-18(2)14-9-5-6-10-15(14)19(3)12-13-8-7-11-16(21-4)17(13)20/h14-15,20-22,26-27,33H,7-13,16-19H2,1-6H3;13-14,19-20,26H,9-12,15H2,1-8H3;11-12,17-18,24H,7-10,13H2,1-6H3;11-12,17-18,24H,7-10,13H2,1-6H3;7-8,11,14-15,20H,5-6,9-10,12H2,1-4H3/t20?,21?,22?,26-,27-,30?;19-,20-;2*17-,18-;14-,15-/m11111/s1. The molecule has 5 aromatic rings. The van der Waals surface area contributed by atoms with Gasteiger partial charge in [-0.25, -0.2) is 0 Å². The number of benzene rings is 5. The highest BCUT2D eigenvalue weighted by Gasteiger charge is 2.53. The first kappa shape index (κ1) is 108. The van der Waals surface area contributed by atoms with Crippen LogP contribution in [0.25, 0.3) is 0 Å². The molecule has 0 amide bonds. The van der Waals surface area contributed by atoms with E-state index in [0.29, 0.717) is 101 Å². The second-order valence-corrected chi connectivity index (χ2v) is 47.7. The van der Waals surface area contributed by atoms with Crippen molar-refractivity contribution in [3.63, 3.8) is 0 Å². The van der Waals surface area contributed by atoms with Crippen LogP contribution in [-0.4, -0.2) is 267 Å². The number of phenols is 5. The van der Waals surface area contributed by atoms with E-state index in [4.69, 9.17) is 4.74 Å². The van der Waals surface area contributed by atoms with Crippen molar-refractivity contribution >= 4 is 27.3 Å². The van der Waals surface area contributed by atoms with Gasteiger partial charge in [-0.05, 0) is 289 Å². The summed E-state index contributed by atoms with van der Waals surface area (Å²) in [7, 11) is 38.4. The number of nitrogens with zero attached hydrogens (tertiary/aromatic N) is 12. The van der Waals surface area contributed by atoms with Gasteiger partial charge in [-0.3, -0.25) is 34.6 Å². The summed E-state index contributed by atoms with van der Waals surface area (Å²) in [4.78, 5) is 36.9. The third-order valence-electron chi connectivity index (χ3n) is 31.3. The van der Waals surface area contributed by atoms with Crippen LogP contribution in [0.15, 0.2) is 71.2 Å². The molecule has 14 rings (SSSR count). The SMILES string of the molecule is CN(C)[C@@H]1CCCC[C@H]1N(C)Cc1cc(Br)cc(C(C)(C)C)c1O.CN(C)[C@@H]1CCCC[C@H]1N(C)Cc1cc(C(C)(C)C)cc(C23CC4CC(CC(C4)C2)C3)c1O.CN(C)[C@@H]1CCCC[C@H]1N(C)Cc1cc([N+](=O)[O-])cc(C(C)(C)C)c1O.CN(C)c1cc(CN(C)[C@@H]2CCCC[C@H]2N(C)C)c(O)c(C(C)(C)C)c1.COc1cccc(CN(C)[C@@H]2CCCC[C@H]2N(C)C)c1O. The van der Waals surface area contributed by atoms with Crippen LogP contribution in [0.3, 0.4) is 0 Å². The van der Waals surface area contributed by atoms with Crippen molar-refractivity contribution in [2.75, 3.05) is 132 Å². The fourth-order valence-corrected chi connectivity index (χ4v) is 24.9. The first-order valence-corrected chi connectivity index (χ1v) is 50.7. The lowest BCUT2D eigenvalue weighted by atomic mass is 9.47. The lowest BCUT2D eigenvalue weighted by Gasteiger charge is -2.57. The summed E-state index contributed by atoms with van der Waals surface area (Å²) in [6.07, 6.45) is 33.5. The number of anilines is 1. The average molecular weight is 1870 g/mol. The maximum absolute atomic E-state index is 11.8. The Bertz CT molecular complexity index is 4390. The Morgan fingerprint density at radius 2 is 0.669 bits per heavy atom. The fourth-order valence-electron chi connectivity index (χ4n) is 24.4. The molecule has 10 atom stereocenters. The average Bonchev–Trinajstić information content (AvgIpc) is 0.721. The molecular weight excluding hydrogens is 1690 g/mol. The molecule has 9 saturated carbocycles. The minimum atomic E-state index is -0.374. The number of para-hydroxylation sites is 1. The summed E-state index contributed by atoms with van der Waals surface area (Å²) in [5.74, 6) is 5.23. The maximum Gasteiger partial charge on any atom is 0.270 e. The van der Waals surface area contributed by atoms with E-state index in [-0.39, 0.29) is 49.2 Å². The molecular formula is C109H181BrN12O8. The lowest BCUT2D eigenvalue weighted by molar-refractivity contribution is -0.385. The number of methoxy groups -OCH3 is 1. The first-order valence-electron chi connectivity index (χ1n) is 49.9. The molecule has 21 heteroatoms. The van der Waals surface area contributed by atoms with Gasteiger partial charge in [-0.2, -0.15) is 0 Å². The summed E-state index contributed by atoms with van der Waals surface area (Å²) in [5.41, 5.74) is 11.2. The number of non-ortho nitro benzene ring substituents is 1. The van der Waals surface area contributed by atoms with Crippen molar-refractivity contribution < 1.29 is 35.2 Å². The van der Waals surface area contributed by atoms with E-state index in [9.17, 15) is 35.6 Å². The number of nitro benzene ring substituents is 1. The normalized spacial score (nSPS) is 25.6. The Morgan fingerprint density at radius 3 is 0.977 bits per heavy atom. The monoisotopic (exact) mass is 1870 g/mol. The predicted octanol–water partition coefficient (Wildman–Crippen LogP) is 21.9. The Hall–Kier alpha value is -5.82. The summed E-state index contributed by atoms with van der Waals surface area (Å²) in [6, 6.07) is 27.3. The summed E-state index contributed by atoms with van der Waals surface area (Å²) in [5, 5.41) is 66.1. The fraction of sp³-hybridized carbons (Fsp3) is 0.725. The summed E-state index contributed by atoms with van der Waals surface area (Å²) in [6.45, 7) is 29.5. The third-order valence-corrected chi connectivity index (χ3v) is 31.8. The molecule has 5 N–H and O–H groups in total. The van der Waals surface area contributed by atoms with Crippen LogP contribution in [0, 0.1) is 27.9 Å². The smallest absolute Gasteiger partial charge is 0.270 e. The van der Waals surface area contributed by atoms with Gasteiger partial charge in [-0.15, -0.1) is 0 Å². The van der Waals surface area contributed by atoms with Crippen LogP contribution in [0.4, 0.5) is 11.4 Å². The highest BCUT2D eigenvalue weighted by Crippen LogP contribution is 2.63. The zero-order valence-corrected chi connectivity index (χ0v) is 88.6. The van der Waals surface area contributed by atoms with E-state index in [1.54, 1.807) is 13.2 Å². The van der Waals surface area contributed by atoms with Gasteiger partial charge >= 0.3 is 0 Å². The number of aromatic hydroxyl groups is 5. The highest BCUT2D eigenvalue weighted by atomic mass is 79.9. The van der Waals surface area contributed by atoms with Crippen LogP contribution in [-0.2, 0) is 59.8 Å². The lowest BCUT2D eigenvalue weighted by Crippen LogP contribution is -2.49. The molecule has 0 aliphatic heterocycles. The number of hydrogen-bond donors (Lipinski definition) is 5. The molecule has 20 nitrogen and oxygen atoms in total. The van der Waals surface area contributed by atoms with Crippen molar-refractivity contribution in [1.82, 2.24) is 49.0 Å². The number of phenolic OH excluding ortho intramolecular Hbond substituents is 5. The predicted molar refractivity (Wildman–Crippen MR) is 546 cm³/mol. The van der Waals surface area contributed by atoms with Crippen LogP contribution in [0.1, 0.15) is 306 Å². The molecule has 4 bridgehead atoms. The largest absolute Gasteiger partial charge is 0.507 e. The van der Waals surface area contributed by atoms with Crippen molar-refractivity contribution in [2.45, 2.75) is 370 Å². The zero-order valence-electron chi connectivity index (χ0n) is 87.0. The second kappa shape index (κ2) is 46.3. The van der Waals surface area contributed by atoms with E-state index in [0.717, 1.165) is 94.8 Å². The van der Waals surface area contributed by atoms with Crippen LogP contribution in [0.2, 0.25) is 0 Å². The molecule has 130 heavy (non-hydrogen) atoms. The molecule has 9 aliphatic carbocycles. The highest BCUT2D eigenvalue weighted by molar-refractivity contribution is 9.10. The van der Waals surface area contributed by atoms with Gasteiger partial charge in [-0.1, -0.05) is 187 Å². The Morgan fingerprint density at radius 1 is 0.369 bits per heavy atom. The van der Waals surface area contributed by atoms with Gasteiger partial charge in [0.05, 0.1) is 12.0 Å². The van der Waals surface area contributed by atoms with Gasteiger partial charge in [0.1, 0.15) is 23.0 Å². The Kier molecular flexibility index (Phi) is 38.5. The number of likely N-dealkylation sites (N-methyl/N-ethyl adjacent to an activating group) is 10. The molecule has 0 aromatic heterocycles. The quantitative estimate of drug-likeness (QED) is 0.0289. The molecule has 0 saturated heterocycles. The van der Waals surface area contributed by atoms with Gasteiger partial charge in [0.15, 0.2) is 11.5 Å². The van der Waals surface area contributed by atoms with Crippen LogP contribution < -0.4 is 9.64 Å². The molecule has 9 fully saturated rings. The second-order valence-electron chi connectivity index (χ2n) is 46.8.